The fourth-order valence-corrected chi connectivity index (χ4v) is 1.69. The van der Waals surface area contributed by atoms with Gasteiger partial charge in [-0.1, -0.05) is 0 Å². The van der Waals surface area contributed by atoms with E-state index in [-0.39, 0.29) is 26.2 Å². The number of hydrogen-bond acceptors (Lipinski definition) is 3. The van der Waals surface area contributed by atoms with Crippen molar-refractivity contribution in [1.29, 1.82) is 0 Å². The van der Waals surface area contributed by atoms with Crippen LogP contribution in [0.5, 0.6) is 0 Å². The van der Waals surface area contributed by atoms with Crippen LogP contribution < -0.4 is 10.6 Å². The third kappa shape index (κ3) is 3.37. The van der Waals surface area contributed by atoms with E-state index in [1.165, 1.54) is 7.11 Å². The Balaban J connectivity index is 3.24. The second kappa shape index (κ2) is 7.39. The van der Waals surface area contributed by atoms with Crippen LogP contribution in [0.1, 0.15) is 6.42 Å². The van der Waals surface area contributed by atoms with Crippen LogP contribution >= 0.6 is 0 Å². The fraction of sp³-hybridized carbons (Fsp3) is 0.500. The van der Waals surface area contributed by atoms with Crippen LogP contribution in [0.2, 0.25) is 0 Å². The monoisotopic (exact) mass is 298 g/mol. The predicted molar refractivity (Wildman–Crippen MR) is 64.0 cm³/mol. The third-order valence-electron chi connectivity index (χ3n) is 2.70. The number of benzene rings is 1. The molecule has 20 heavy (non-hydrogen) atoms. The summed E-state index contributed by atoms with van der Waals surface area (Å²) in [6.45, 7) is 0.329. The number of rotatable bonds is 7. The SMILES string of the molecule is COCCN(CCCN)c1c(F)c(F)c(F)c(F)c1F. The third-order valence-corrected chi connectivity index (χ3v) is 2.70. The Morgan fingerprint density at radius 1 is 0.900 bits per heavy atom. The van der Waals surface area contributed by atoms with Crippen molar-refractivity contribution in [2.24, 2.45) is 5.73 Å². The normalized spacial score (nSPS) is 10.9. The van der Waals surface area contributed by atoms with Gasteiger partial charge < -0.3 is 15.4 Å². The molecule has 1 rings (SSSR count). The first-order valence-corrected chi connectivity index (χ1v) is 5.91. The highest BCUT2D eigenvalue weighted by molar-refractivity contribution is 5.50. The molecule has 0 amide bonds. The van der Waals surface area contributed by atoms with E-state index < -0.39 is 34.8 Å². The van der Waals surface area contributed by atoms with Crippen LogP contribution in [0.4, 0.5) is 27.6 Å². The van der Waals surface area contributed by atoms with E-state index >= 15 is 0 Å². The molecule has 8 heteroatoms. The number of hydrogen-bond donors (Lipinski definition) is 1. The quantitative estimate of drug-likeness (QED) is 0.476. The second-order valence-corrected chi connectivity index (χ2v) is 4.04. The molecule has 0 aliphatic heterocycles. The first-order chi connectivity index (χ1) is 9.45. The molecule has 0 radical (unpaired) electrons. The zero-order chi connectivity index (χ0) is 15.3. The Hall–Kier alpha value is -1.41. The van der Waals surface area contributed by atoms with Gasteiger partial charge in [0.1, 0.15) is 5.69 Å². The summed E-state index contributed by atoms with van der Waals surface area (Å²) in [6.07, 6.45) is 0.337. The van der Waals surface area contributed by atoms with E-state index in [4.69, 9.17) is 10.5 Å². The second-order valence-electron chi connectivity index (χ2n) is 4.04. The molecule has 0 atom stereocenters. The molecule has 0 heterocycles. The zero-order valence-electron chi connectivity index (χ0n) is 10.9. The topological polar surface area (TPSA) is 38.5 Å². The number of methoxy groups -OCH3 is 1. The minimum Gasteiger partial charge on any atom is -0.383 e. The Kier molecular flexibility index (Phi) is 6.15. The lowest BCUT2D eigenvalue weighted by Gasteiger charge is -2.25. The maximum absolute atomic E-state index is 13.7. The van der Waals surface area contributed by atoms with Crippen LogP contribution in [0.15, 0.2) is 0 Å². The summed E-state index contributed by atoms with van der Waals surface area (Å²) in [7, 11) is 1.36. The molecule has 0 saturated carbocycles. The van der Waals surface area contributed by atoms with Gasteiger partial charge in [-0.05, 0) is 13.0 Å². The molecular weight excluding hydrogens is 283 g/mol. The number of nitrogens with two attached hydrogens (primary N) is 1. The van der Waals surface area contributed by atoms with Crippen LogP contribution in [0, 0.1) is 29.1 Å². The van der Waals surface area contributed by atoms with Crippen LogP contribution in [0.25, 0.3) is 0 Å². The van der Waals surface area contributed by atoms with E-state index in [2.05, 4.69) is 0 Å². The minimum atomic E-state index is -2.17. The maximum Gasteiger partial charge on any atom is 0.200 e. The first-order valence-electron chi connectivity index (χ1n) is 5.91. The molecule has 0 fully saturated rings. The van der Waals surface area contributed by atoms with Gasteiger partial charge >= 0.3 is 0 Å². The lowest BCUT2D eigenvalue weighted by atomic mass is 10.2. The predicted octanol–water partition coefficient (Wildman–Crippen LogP) is 2.18. The van der Waals surface area contributed by atoms with Gasteiger partial charge in [-0.3, -0.25) is 0 Å². The van der Waals surface area contributed by atoms with Crippen LogP contribution in [0.3, 0.4) is 0 Å². The number of nitrogens with zero attached hydrogens (tertiary/aromatic N) is 1. The van der Waals surface area contributed by atoms with Crippen molar-refractivity contribution in [2.75, 3.05) is 38.3 Å². The lowest BCUT2D eigenvalue weighted by Crippen LogP contribution is -2.32. The van der Waals surface area contributed by atoms with E-state index in [9.17, 15) is 22.0 Å². The molecule has 0 aliphatic rings. The Labute approximate surface area is 113 Å². The summed E-state index contributed by atoms with van der Waals surface area (Å²) >= 11 is 0. The van der Waals surface area contributed by atoms with Gasteiger partial charge in [-0.25, -0.2) is 22.0 Å². The minimum absolute atomic E-state index is 0.0190. The summed E-state index contributed by atoms with van der Waals surface area (Å²) in [4.78, 5) is 1.03. The molecule has 114 valence electrons. The number of ether oxygens (including phenoxy) is 1. The zero-order valence-corrected chi connectivity index (χ0v) is 10.9. The molecule has 3 nitrogen and oxygen atoms in total. The molecule has 0 unspecified atom stereocenters. The average Bonchev–Trinajstić information content (AvgIpc) is 2.45. The summed E-state index contributed by atoms with van der Waals surface area (Å²) in [6, 6.07) is 0. The highest BCUT2D eigenvalue weighted by atomic mass is 19.2. The van der Waals surface area contributed by atoms with Crippen LogP contribution in [-0.2, 0) is 4.74 Å². The molecular formula is C12H15F5N2O. The molecule has 0 spiro atoms. The van der Waals surface area contributed by atoms with Crippen molar-refractivity contribution in [3.05, 3.63) is 29.1 Å². The lowest BCUT2D eigenvalue weighted by molar-refractivity contribution is 0.204. The largest absolute Gasteiger partial charge is 0.383 e. The van der Waals surface area contributed by atoms with Crippen molar-refractivity contribution in [1.82, 2.24) is 0 Å². The molecule has 1 aromatic carbocycles. The summed E-state index contributed by atoms with van der Waals surface area (Å²) in [5.74, 6) is -9.80. The molecule has 1 aromatic rings. The van der Waals surface area contributed by atoms with E-state index in [0.29, 0.717) is 6.42 Å². The standard InChI is InChI=1S/C12H15F5N2O/c1-20-6-5-19(4-2-3-18)12-10(16)8(14)7(13)9(15)11(12)17/h2-6,18H2,1H3. The van der Waals surface area contributed by atoms with Gasteiger partial charge in [-0.15, -0.1) is 0 Å². The fourth-order valence-electron chi connectivity index (χ4n) is 1.69. The van der Waals surface area contributed by atoms with Crippen molar-refractivity contribution in [2.45, 2.75) is 6.42 Å². The molecule has 0 aromatic heterocycles. The maximum atomic E-state index is 13.7. The van der Waals surface area contributed by atoms with Gasteiger partial charge in [0, 0.05) is 20.2 Å². The van der Waals surface area contributed by atoms with E-state index in [1.807, 2.05) is 0 Å². The molecule has 0 aliphatic carbocycles. The molecule has 0 saturated heterocycles. The number of anilines is 1. The highest BCUT2D eigenvalue weighted by Crippen LogP contribution is 2.30. The average molecular weight is 298 g/mol. The van der Waals surface area contributed by atoms with Crippen molar-refractivity contribution in [3.8, 4) is 0 Å². The Morgan fingerprint density at radius 2 is 1.40 bits per heavy atom. The van der Waals surface area contributed by atoms with Gasteiger partial charge in [0.05, 0.1) is 6.61 Å². The smallest absolute Gasteiger partial charge is 0.200 e. The Bertz CT molecular complexity index is 433. The van der Waals surface area contributed by atoms with E-state index in [1.54, 1.807) is 0 Å². The van der Waals surface area contributed by atoms with Crippen molar-refractivity contribution in [3.63, 3.8) is 0 Å². The molecule has 0 bridgehead atoms. The van der Waals surface area contributed by atoms with E-state index in [0.717, 1.165) is 4.90 Å². The Morgan fingerprint density at radius 3 is 1.85 bits per heavy atom. The van der Waals surface area contributed by atoms with Gasteiger partial charge in [0.25, 0.3) is 0 Å². The summed E-state index contributed by atoms with van der Waals surface area (Å²) in [5.41, 5.74) is 4.34. The first kappa shape index (κ1) is 16.6. The number of halogens is 5. The van der Waals surface area contributed by atoms with Crippen LogP contribution in [-0.4, -0.2) is 33.4 Å². The van der Waals surface area contributed by atoms with Gasteiger partial charge in [0.2, 0.25) is 5.82 Å². The molecule has 2 N–H and O–H groups in total. The highest BCUT2D eigenvalue weighted by Gasteiger charge is 2.28. The van der Waals surface area contributed by atoms with Crippen molar-refractivity contribution >= 4 is 5.69 Å². The summed E-state index contributed by atoms with van der Waals surface area (Å²) < 4.78 is 71.4. The van der Waals surface area contributed by atoms with Crippen molar-refractivity contribution < 1.29 is 26.7 Å². The van der Waals surface area contributed by atoms with Gasteiger partial charge in [-0.2, -0.15) is 0 Å². The summed E-state index contributed by atoms with van der Waals surface area (Å²) in [5, 5.41) is 0. The van der Waals surface area contributed by atoms with Gasteiger partial charge in [0.15, 0.2) is 23.3 Å².